The Balaban J connectivity index is 2.14. The summed E-state index contributed by atoms with van der Waals surface area (Å²) in [5.41, 5.74) is 0. The molecule has 0 spiro atoms. The van der Waals surface area contributed by atoms with E-state index in [9.17, 15) is 0 Å². The first-order chi connectivity index (χ1) is 6.24. The Morgan fingerprint density at radius 2 is 2.31 bits per heavy atom. The van der Waals surface area contributed by atoms with E-state index in [1.807, 2.05) is 11.8 Å². The molecule has 0 aromatic heterocycles. The Labute approximate surface area is 86.5 Å². The minimum absolute atomic E-state index is 0.750. The van der Waals surface area contributed by atoms with Crippen LogP contribution in [0.1, 0.15) is 19.8 Å². The SMILES string of the molecule is CSCCNC1CCN(C)C(C)C1. The predicted molar refractivity (Wildman–Crippen MR) is 61.5 cm³/mol. The molecule has 0 aliphatic carbocycles. The second kappa shape index (κ2) is 5.89. The van der Waals surface area contributed by atoms with Crippen LogP contribution in [0.4, 0.5) is 0 Å². The molecule has 1 N–H and O–H groups in total. The van der Waals surface area contributed by atoms with Crippen molar-refractivity contribution in [3.63, 3.8) is 0 Å². The zero-order chi connectivity index (χ0) is 9.68. The molecule has 3 heteroatoms. The molecular weight excluding hydrogens is 180 g/mol. The Hall–Kier alpha value is 0.270. The quantitative estimate of drug-likeness (QED) is 0.694. The van der Waals surface area contributed by atoms with Crippen LogP contribution in [0.2, 0.25) is 0 Å². The number of hydrogen-bond acceptors (Lipinski definition) is 3. The van der Waals surface area contributed by atoms with Gasteiger partial charge < -0.3 is 10.2 Å². The summed E-state index contributed by atoms with van der Waals surface area (Å²) in [5, 5.41) is 3.63. The van der Waals surface area contributed by atoms with Crippen molar-refractivity contribution in [2.24, 2.45) is 0 Å². The Morgan fingerprint density at radius 1 is 1.54 bits per heavy atom. The van der Waals surface area contributed by atoms with Crippen molar-refractivity contribution in [1.82, 2.24) is 10.2 Å². The molecule has 1 aliphatic rings. The van der Waals surface area contributed by atoms with Gasteiger partial charge in [-0.3, -0.25) is 0 Å². The summed E-state index contributed by atoms with van der Waals surface area (Å²) in [7, 11) is 2.22. The van der Waals surface area contributed by atoms with Crippen molar-refractivity contribution in [2.75, 3.05) is 32.1 Å². The first-order valence-electron chi connectivity index (χ1n) is 5.16. The number of nitrogens with one attached hydrogen (secondary N) is 1. The molecule has 2 unspecified atom stereocenters. The number of nitrogens with zero attached hydrogens (tertiary/aromatic N) is 1. The fourth-order valence-corrected chi connectivity index (χ4v) is 2.16. The van der Waals surface area contributed by atoms with E-state index < -0.39 is 0 Å². The third-order valence-corrected chi connectivity index (χ3v) is 3.56. The van der Waals surface area contributed by atoms with E-state index in [0.717, 1.165) is 12.1 Å². The molecule has 2 atom stereocenters. The maximum Gasteiger partial charge on any atom is 0.00943 e. The second-order valence-corrected chi connectivity index (χ2v) is 4.98. The molecule has 1 rings (SSSR count). The highest BCUT2D eigenvalue weighted by Gasteiger charge is 2.21. The topological polar surface area (TPSA) is 15.3 Å². The number of hydrogen-bond donors (Lipinski definition) is 1. The van der Waals surface area contributed by atoms with Gasteiger partial charge in [0.15, 0.2) is 0 Å². The summed E-state index contributed by atoms with van der Waals surface area (Å²) in [6.07, 6.45) is 4.79. The van der Waals surface area contributed by atoms with Crippen LogP contribution in [-0.4, -0.2) is 49.1 Å². The average molecular weight is 202 g/mol. The van der Waals surface area contributed by atoms with Gasteiger partial charge in [-0.15, -0.1) is 0 Å². The summed E-state index contributed by atoms with van der Waals surface area (Å²) in [5.74, 6) is 1.24. The van der Waals surface area contributed by atoms with Gasteiger partial charge in [0.1, 0.15) is 0 Å². The molecule has 78 valence electrons. The molecule has 0 saturated carbocycles. The van der Waals surface area contributed by atoms with E-state index in [4.69, 9.17) is 0 Å². The molecule has 0 bridgehead atoms. The predicted octanol–water partition coefficient (Wildman–Crippen LogP) is 1.42. The minimum atomic E-state index is 0.750. The van der Waals surface area contributed by atoms with Crippen LogP contribution in [-0.2, 0) is 0 Å². The molecular formula is C10H22N2S. The second-order valence-electron chi connectivity index (χ2n) is 4.00. The monoisotopic (exact) mass is 202 g/mol. The summed E-state index contributed by atoms with van der Waals surface area (Å²) in [6, 6.07) is 1.51. The largest absolute Gasteiger partial charge is 0.313 e. The fourth-order valence-electron chi connectivity index (χ4n) is 1.84. The van der Waals surface area contributed by atoms with Gasteiger partial charge in [0.2, 0.25) is 0 Å². The molecule has 1 heterocycles. The number of likely N-dealkylation sites (tertiary alicyclic amines) is 1. The first kappa shape index (κ1) is 11.3. The van der Waals surface area contributed by atoms with Gasteiger partial charge in [-0.25, -0.2) is 0 Å². The van der Waals surface area contributed by atoms with Crippen molar-refractivity contribution in [2.45, 2.75) is 31.8 Å². The van der Waals surface area contributed by atoms with Crippen molar-refractivity contribution in [3.8, 4) is 0 Å². The van der Waals surface area contributed by atoms with Gasteiger partial charge in [-0.2, -0.15) is 11.8 Å². The molecule has 0 aromatic rings. The highest BCUT2D eigenvalue weighted by atomic mass is 32.2. The lowest BCUT2D eigenvalue weighted by Gasteiger charge is -2.35. The maximum atomic E-state index is 3.63. The van der Waals surface area contributed by atoms with Crippen molar-refractivity contribution in [3.05, 3.63) is 0 Å². The lowest BCUT2D eigenvalue weighted by molar-refractivity contribution is 0.170. The van der Waals surface area contributed by atoms with Crippen molar-refractivity contribution in [1.29, 1.82) is 0 Å². The molecule has 1 fully saturated rings. The molecule has 1 saturated heterocycles. The van der Waals surface area contributed by atoms with Crippen molar-refractivity contribution >= 4 is 11.8 Å². The normalized spacial score (nSPS) is 30.7. The van der Waals surface area contributed by atoms with E-state index in [1.54, 1.807) is 0 Å². The van der Waals surface area contributed by atoms with E-state index in [2.05, 4.69) is 30.4 Å². The maximum absolute atomic E-state index is 3.63. The Kier molecular flexibility index (Phi) is 5.14. The molecule has 0 amide bonds. The van der Waals surface area contributed by atoms with Crippen LogP contribution >= 0.6 is 11.8 Å². The van der Waals surface area contributed by atoms with Crippen LogP contribution in [0.25, 0.3) is 0 Å². The van der Waals surface area contributed by atoms with Crippen LogP contribution in [0.3, 0.4) is 0 Å². The third kappa shape index (κ3) is 3.88. The zero-order valence-corrected chi connectivity index (χ0v) is 9.86. The smallest absolute Gasteiger partial charge is 0.00943 e. The summed E-state index contributed by atoms with van der Waals surface area (Å²) < 4.78 is 0. The van der Waals surface area contributed by atoms with Crippen LogP contribution in [0, 0.1) is 0 Å². The molecule has 0 radical (unpaired) electrons. The zero-order valence-electron chi connectivity index (χ0n) is 9.05. The van der Waals surface area contributed by atoms with E-state index in [1.165, 1.54) is 31.7 Å². The van der Waals surface area contributed by atoms with Gasteiger partial charge in [-0.05, 0) is 39.6 Å². The highest BCUT2D eigenvalue weighted by molar-refractivity contribution is 7.98. The average Bonchev–Trinajstić information content (AvgIpc) is 2.12. The van der Waals surface area contributed by atoms with E-state index in [-0.39, 0.29) is 0 Å². The van der Waals surface area contributed by atoms with Gasteiger partial charge in [0.05, 0.1) is 0 Å². The van der Waals surface area contributed by atoms with Gasteiger partial charge in [-0.1, -0.05) is 0 Å². The van der Waals surface area contributed by atoms with Gasteiger partial charge >= 0.3 is 0 Å². The molecule has 0 aromatic carbocycles. The van der Waals surface area contributed by atoms with Crippen LogP contribution < -0.4 is 5.32 Å². The molecule has 2 nitrogen and oxygen atoms in total. The molecule has 1 aliphatic heterocycles. The Morgan fingerprint density at radius 3 is 2.92 bits per heavy atom. The summed E-state index contributed by atoms with van der Waals surface area (Å²) in [6.45, 7) is 4.74. The Bertz CT molecular complexity index is 141. The van der Waals surface area contributed by atoms with Gasteiger partial charge in [0.25, 0.3) is 0 Å². The van der Waals surface area contributed by atoms with Crippen molar-refractivity contribution < 1.29 is 0 Å². The lowest BCUT2D eigenvalue weighted by atomic mass is 9.99. The number of rotatable bonds is 4. The van der Waals surface area contributed by atoms with Gasteiger partial charge in [0, 0.05) is 24.4 Å². The molecule has 13 heavy (non-hydrogen) atoms. The van der Waals surface area contributed by atoms with E-state index in [0.29, 0.717) is 0 Å². The van der Waals surface area contributed by atoms with Crippen LogP contribution in [0.5, 0.6) is 0 Å². The minimum Gasteiger partial charge on any atom is -0.313 e. The van der Waals surface area contributed by atoms with E-state index >= 15 is 0 Å². The lowest BCUT2D eigenvalue weighted by Crippen LogP contribution is -2.46. The fraction of sp³-hybridized carbons (Fsp3) is 1.00. The first-order valence-corrected chi connectivity index (χ1v) is 6.56. The van der Waals surface area contributed by atoms with Crippen LogP contribution in [0.15, 0.2) is 0 Å². The highest BCUT2D eigenvalue weighted by Crippen LogP contribution is 2.14. The summed E-state index contributed by atoms with van der Waals surface area (Å²) >= 11 is 1.92. The standard InChI is InChI=1S/C10H22N2S/c1-9-8-10(4-6-12(9)2)11-5-7-13-3/h9-11H,4-8H2,1-3H3. The third-order valence-electron chi connectivity index (χ3n) is 2.95. The number of thioether (sulfide) groups is 1. The summed E-state index contributed by atoms with van der Waals surface area (Å²) in [4.78, 5) is 2.45. The number of piperidine rings is 1.